The average molecular weight is 239 g/mol. The van der Waals surface area contributed by atoms with Gasteiger partial charge < -0.3 is 0 Å². The standard InChI is InChI=1S/C11H13NO3S/c1-8-3-4-10(7-9(8)2)12-11(13)5-6-16(12,14)15/h3-4,7H,5-6H2,1-2H3. The van der Waals surface area contributed by atoms with Crippen LogP contribution in [0.3, 0.4) is 0 Å². The third-order valence-electron chi connectivity index (χ3n) is 2.80. The number of benzene rings is 1. The van der Waals surface area contributed by atoms with E-state index in [9.17, 15) is 13.2 Å². The number of rotatable bonds is 1. The maximum absolute atomic E-state index is 11.7. The van der Waals surface area contributed by atoms with Crippen LogP contribution >= 0.6 is 0 Å². The zero-order valence-electron chi connectivity index (χ0n) is 9.23. The zero-order valence-corrected chi connectivity index (χ0v) is 10.0. The summed E-state index contributed by atoms with van der Waals surface area (Å²) in [6.45, 7) is 3.84. The van der Waals surface area contributed by atoms with Crippen LogP contribution in [0.2, 0.25) is 0 Å². The molecule has 1 aliphatic rings. The number of sulfonamides is 1. The molecule has 0 saturated carbocycles. The van der Waals surface area contributed by atoms with Gasteiger partial charge in [-0.3, -0.25) is 4.79 Å². The van der Waals surface area contributed by atoms with Gasteiger partial charge in [0.15, 0.2) is 0 Å². The maximum atomic E-state index is 11.7. The highest BCUT2D eigenvalue weighted by Crippen LogP contribution is 2.26. The van der Waals surface area contributed by atoms with Gasteiger partial charge in [-0.25, -0.2) is 12.7 Å². The van der Waals surface area contributed by atoms with Crippen LogP contribution in [0.5, 0.6) is 0 Å². The monoisotopic (exact) mass is 239 g/mol. The molecule has 1 fully saturated rings. The van der Waals surface area contributed by atoms with E-state index in [1.807, 2.05) is 19.9 Å². The number of aryl methyl sites for hydroxylation is 2. The molecule has 16 heavy (non-hydrogen) atoms. The Bertz CT molecular complexity index is 548. The highest BCUT2D eigenvalue weighted by molar-refractivity contribution is 7.94. The maximum Gasteiger partial charge on any atom is 0.242 e. The molecule has 0 spiro atoms. The van der Waals surface area contributed by atoms with E-state index in [4.69, 9.17) is 0 Å². The van der Waals surface area contributed by atoms with Crippen molar-refractivity contribution in [3.05, 3.63) is 29.3 Å². The first kappa shape index (κ1) is 11.1. The lowest BCUT2D eigenvalue weighted by Crippen LogP contribution is -2.29. The van der Waals surface area contributed by atoms with Crippen molar-refractivity contribution in [2.24, 2.45) is 0 Å². The molecule has 1 heterocycles. The first-order valence-corrected chi connectivity index (χ1v) is 6.66. The summed E-state index contributed by atoms with van der Waals surface area (Å²) < 4.78 is 24.3. The van der Waals surface area contributed by atoms with Gasteiger partial charge >= 0.3 is 0 Å². The molecule has 1 aromatic carbocycles. The molecule has 0 aliphatic carbocycles. The minimum Gasteiger partial charge on any atom is -0.273 e. The number of hydrogen-bond acceptors (Lipinski definition) is 3. The van der Waals surface area contributed by atoms with Gasteiger partial charge in [0.1, 0.15) is 0 Å². The van der Waals surface area contributed by atoms with Crippen molar-refractivity contribution in [2.75, 3.05) is 10.1 Å². The van der Waals surface area contributed by atoms with E-state index in [1.54, 1.807) is 12.1 Å². The first-order valence-electron chi connectivity index (χ1n) is 5.05. The van der Waals surface area contributed by atoms with E-state index in [0.717, 1.165) is 15.4 Å². The molecule has 4 nitrogen and oxygen atoms in total. The van der Waals surface area contributed by atoms with Gasteiger partial charge in [-0.1, -0.05) is 6.07 Å². The van der Waals surface area contributed by atoms with Crippen molar-refractivity contribution in [3.63, 3.8) is 0 Å². The molecular weight excluding hydrogens is 226 g/mol. The van der Waals surface area contributed by atoms with Crippen LogP contribution in [0.4, 0.5) is 5.69 Å². The largest absolute Gasteiger partial charge is 0.273 e. The Hall–Kier alpha value is -1.36. The van der Waals surface area contributed by atoms with Gasteiger partial charge in [-0.05, 0) is 37.1 Å². The van der Waals surface area contributed by atoms with Crippen LogP contribution in [0.1, 0.15) is 17.5 Å². The Kier molecular flexibility index (Phi) is 2.50. The van der Waals surface area contributed by atoms with Gasteiger partial charge in [0.05, 0.1) is 11.4 Å². The van der Waals surface area contributed by atoms with E-state index in [0.29, 0.717) is 5.69 Å². The lowest BCUT2D eigenvalue weighted by Gasteiger charge is -2.16. The SMILES string of the molecule is Cc1ccc(N2C(=O)CCS2(=O)=O)cc1C. The molecule has 0 unspecified atom stereocenters. The van der Waals surface area contributed by atoms with Crippen molar-refractivity contribution in [3.8, 4) is 0 Å². The normalized spacial score (nSPS) is 19.1. The van der Waals surface area contributed by atoms with Gasteiger partial charge in [0.2, 0.25) is 15.9 Å². The van der Waals surface area contributed by atoms with Crippen molar-refractivity contribution in [2.45, 2.75) is 20.3 Å². The number of anilines is 1. The van der Waals surface area contributed by atoms with Crippen LogP contribution in [-0.2, 0) is 14.8 Å². The Balaban J connectivity index is 2.52. The molecule has 1 amide bonds. The summed E-state index contributed by atoms with van der Waals surface area (Å²) in [7, 11) is -3.44. The van der Waals surface area contributed by atoms with Gasteiger partial charge in [0.25, 0.3) is 0 Å². The molecule has 0 N–H and O–H groups in total. The lowest BCUT2D eigenvalue weighted by molar-refractivity contribution is -0.116. The summed E-state index contributed by atoms with van der Waals surface area (Å²) in [6, 6.07) is 5.23. The number of carbonyl (C=O) groups is 1. The van der Waals surface area contributed by atoms with E-state index < -0.39 is 10.0 Å². The molecule has 5 heteroatoms. The number of amides is 1. The quantitative estimate of drug-likeness (QED) is 0.743. The number of carbonyl (C=O) groups excluding carboxylic acids is 1. The van der Waals surface area contributed by atoms with Crippen molar-refractivity contribution in [1.82, 2.24) is 0 Å². The minimum absolute atomic E-state index is 0.0786. The summed E-state index contributed by atoms with van der Waals surface area (Å²) >= 11 is 0. The highest BCUT2D eigenvalue weighted by atomic mass is 32.2. The molecular formula is C11H13NO3S. The summed E-state index contributed by atoms with van der Waals surface area (Å²) in [5.41, 5.74) is 2.51. The molecule has 0 bridgehead atoms. The fourth-order valence-electron chi connectivity index (χ4n) is 1.72. The third-order valence-corrected chi connectivity index (χ3v) is 4.49. The summed E-state index contributed by atoms with van der Waals surface area (Å²) in [4.78, 5) is 11.5. The summed E-state index contributed by atoms with van der Waals surface area (Å²) in [5, 5.41) is 0. The molecule has 0 aromatic heterocycles. The second kappa shape index (κ2) is 3.59. The fourth-order valence-corrected chi connectivity index (χ4v) is 3.17. The van der Waals surface area contributed by atoms with E-state index in [-0.39, 0.29) is 18.1 Å². The van der Waals surface area contributed by atoms with E-state index in [2.05, 4.69) is 0 Å². The number of hydrogen-bond donors (Lipinski definition) is 0. The second-order valence-corrected chi connectivity index (χ2v) is 5.93. The van der Waals surface area contributed by atoms with Gasteiger partial charge in [-0.2, -0.15) is 0 Å². The number of nitrogens with zero attached hydrogens (tertiary/aromatic N) is 1. The smallest absolute Gasteiger partial charge is 0.242 e. The molecule has 86 valence electrons. The molecule has 2 rings (SSSR count). The fraction of sp³-hybridized carbons (Fsp3) is 0.364. The van der Waals surface area contributed by atoms with Crippen molar-refractivity contribution in [1.29, 1.82) is 0 Å². The predicted molar refractivity (Wildman–Crippen MR) is 61.8 cm³/mol. The second-order valence-electron chi connectivity index (χ2n) is 3.99. The Morgan fingerprint density at radius 3 is 2.38 bits per heavy atom. The summed E-state index contributed by atoms with van der Waals surface area (Å²) in [5.74, 6) is -0.429. The molecule has 1 saturated heterocycles. The third kappa shape index (κ3) is 1.71. The zero-order chi connectivity index (χ0) is 11.9. The predicted octanol–water partition coefficient (Wildman–Crippen LogP) is 1.37. The summed E-state index contributed by atoms with van der Waals surface area (Å²) in [6.07, 6.45) is 0.0786. The van der Waals surface area contributed by atoms with Gasteiger partial charge in [-0.15, -0.1) is 0 Å². The van der Waals surface area contributed by atoms with Crippen LogP contribution in [-0.4, -0.2) is 20.1 Å². The molecule has 0 atom stereocenters. The lowest BCUT2D eigenvalue weighted by atomic mass is 10.1. The Morgan fingerprint density at radius 1 is 1.19 bits per heavy atom. The van der Waals surface area contributed by atoms with Crippen LogP contribution in [0, 0.1) is 13.8 Å². The average Bonchev–Trinajstić information content (AvgIpc) is 2.46. The Morgan fingerprint density at radius 2 is 1.88 bits per heavy atom. The molecule has 1 aromatic rings. The topological polar surface area (TPSA) is 54.5 Å². The van der Waals surface area contributed by atoms with Crippen LogP contribution < -0.4 is 4.31 Å². The molecule has 1 aliphatic heterocycles. The molecule has 0 radical (unpaired) electrons. The van der Waals surface area contributed by atoms with E-state index in [1.165, 1.54) is 0 Å². The van der Waals surface area contributed by atoms with Crippen LogP contribution in [0.25, 0.3) is 0 Å². The van der Waals surface area contributed by atoms with Crippen molar-refractivity contribution < 1.29 is 13.2 Å². The Labute approximate surface area is 94.9 Å². The van der Waals surface area contributed by atoms with Gasteiger partial charge in [0, 0.05) is 6.42 Å². The minimum atomic E-state index is -3.44. The van der Waals surface area contributed by atoms with Crippen molar-refractivity contribution >= 4 is 21.6 Å². The first-order chi connectivity index (χ1) is 7.42. The highest BCUT2D eigenvalue weighted by Gasteiger charge is 2.36. The van der Waals surface area contributed by atoms with Crippen LogP contribution in [0.15, 0.2) is 18.2 Å². The van der Waals surface area contributed by atoms with E-state index >= 15 is 0 Å².